The van der Waals surface area contributed by atoms with E-state index < -0.39 is 0 Å². The third kappa shape index (κ3) is 3.34. The highest BCUT2D eigenvalue weighted by Gasteiger charge is 2.17. The number of nitrogens with one attached hydrogen (secondary N) is 1. The summed E-state index contributed by atoms with van der Waals surface area (Å²) < 4.78 is 0. The van der Waals surface area contributed by atoms with Gasteiger partial charge in [0.15, 0.2) is 0 Å². The topological polar surface area (TPSA) is 12.0 Å². The Bertz CT molecular complexity index is 310. The molecule has 0 saturated heterocycles. The molecule has 1 heteroatoms. The summed E-state index contributed by atoms with van der Waals surface area (Å²) in [5.41, 5.74) is 4.24. The lowest BCUT2D eigenvalue weighted by atomic mass is 9.84. The van der Waals surface area contributed by atoms with E-state index in [9.17, 15) is 0 Å². The Morgan fingerprint density at radius 2 is 1.69 bits per heavy atom. The van der Waals surface area contributed by atoms with Gasteiger partial charge in [-0.05, 0) is 38.3 Å². The third-order valence-electron chi connectivity index (χ3n) is 3.43. The number of hydrogen-bond acceptors (Lipinski definition) is 1. The van der Waals surface area contributed by atoms with E-state index in [1.54, 1.807) is 0 Å². The number of benzene rings is 1. The van der Waals surface area contributed by atoms with Crippen molar-refractivity contribution in [1.82, 2.24) is 5.32 Å². The molecule has 0 amide bonds. The molecule has 2 atom stereocenters. The molecule has 1 rings (SSSR count). The molecule has 1 N–H and O–H groups in total. The highest BCUT2D eigenvalue weighted by molar-refractivity contribution is 5.31. The number of likely N-dealkylation sites (N-methyl/N-ethyl adjacent to an activating group) is 1. The van der Waals surface area contributed by atoms with E-state index in [1.807, 2.05) is 7.05 Å². The Morgan fingerprint density at radius 3 is 2.12 bits per heavy atom. The Kier molecular flexibility index (Phi) is 5.01. The number of rotatable bonds is 5. The van der Waals surface area contributed by atoms with Gasteiger partial charge in [0, 0.05) is 6.54 Å². The van der Waals surface area contributed by atoms with Crippen LogP contribution in [0.25, 0.3) is 0 Å². The lowest BCUT2D eigenvalue weighted by molar-refractivity contribution is 0.431. The van der Waals surface area contributed by atoms with Crippen molar-refractivity contribution in [3.05, 3.63) is 34.9 Å². The van der Waals surface area contributed by atoms with E-state index in [0.29, 0.717) is 5.92 Å². The zero-order chi connectivity index (χ0) is 12.1. The molecule has 1 aromatic carbocycles. The standard InChI is InChI=1S/C15H25N/c1-6-13(4)15(10-16-5)14-8-11(2)7-12(3)9-14/h7-9,13,15-16H,6,10H2,1-5H3. The fraction of sp³-hybridized carbons (Fsp3) is 0.600. The molecule has 0 aliphatic carbocycles. The molecule has 2 unspecified atom stereocenters. The zero-order valence-corrected chi connectivity index (χ0v) is 11.3. The molecule has 16 heavy (non-hydrogen) atoms. The normalized spacial score (nSPS) is 14.8. The van der Waals surface area contributed by atoms with Crippen LogP contribution in [-0.4, -0.2) is 13.6 Å². The van der Waals surface area contributed by atoms with Gasteiger partial charge in [-0.1, -0.05) is 49.6 Å². The maximum Gasteiger partial charge on any atom is 0.00197 e. The fourth-order valence-electron chi connectivity index (χ4n) is 2.38. The molecular weight excluding hydrogens is 194 g/mol. The van der Waals surface area contributed by atoms with Gasteiger partial charge in [0.25, 0.3) is 0 Å². The summed E-state index contributed by atoms with van der Waals surface area (Å²) in [7, 11) is 2.04. The van der Waals surface area contributed by atoms with Crippen LogP contribution in [0.4, 0.5) is 0 Å². The smallest absolute Gasteiger partial charge is 0.00197 e. The highest BCUT2D eigenvalue weighted by Crippen LogP contribution is 2.27. The Balaban J connectivity index is 3.00. The van der Waals surface area contributed by atoms with Gasteiger partial charge in [-0.3, -0.25) is 0 Å². The number of aryl methyl sites for hydroxylation is 2. The summed E-state index contributed by atoms with van der Waals surface area (Å²) >= 11 is 0. The molecule has 0 fully saturated rings. The summed E-state index contributed by atoms with van der Waals surface area (Å²) in [5, 5.41) is 3.32. The molecule has 1 aromatic rings. The summed E-state index contributed by atoms with van der Waals surface area (Å²) in [6.07, 6.45) is 1.24. The second-order valence-electron chi connectivity index (χ2n) is 4.97. The van der Waals surface area contributed by atoms with Gasteiger partial charge in [-0.2, -0.15) is 0 Å². The van der Waals surface area contributed by atoms with Crippen molar-refractivity contribution in [3.8, 4) is 0 Å². The van der Waals surface area contributed by atoms with Gasteiger partial charge >= 0.3 is 0 Å². The minimum absolute atomic E-state index is 0.633. The summed E-state index contributed by atoms with van der Waals surface area (Å²) in [5.74, 6) is 1.36. The van der Waals surface area contributed by atoms with Gasteiger partial charge in [-0.25, -0.2) is 0 Å². The Morgan fingerprint density at radius 1 is 1.12 bits per heavy atom. The van der Waals surface area contributed by atoms with Gasteiger partial charge in [-0.15, -0.1) is 0 Å². The van der Waals surface area contributed by atoms with E-state index >= 15 is 0 Å². The summed E-state index contributed by atoms with van der Waals surface area (Å²) in [4.78, 5) is 0. The van der Waals surface area contributed by atoms with E-state index in [0.717, 1.165) is 12.5 Å². The SMILES string of the molecule is CCC(C)C(CNC)c1cc(C)cc(C)c1. The maximum atomic E-state index is 3.32. The van der Waals surface area contributed by atoms with Crippen LogP contribution in [0, 0.1) is 19.8 Å². The van der Waals surface area contributed by atoms with Gasteiger partial charge < -0.3 is 5.32 Å². The van der Waals surface area contributed by atoms with Crippen LogP contribution in [0.1, 0.15) is 42.9 Å². The Labute approximate surface area is 100 Å². The van der Waals surface area contributed by atoms with Gasteiger partial charge in [0.1, 0.15) is 0 Å². The van der Waals surface area contributed by atoms with Crippen molar-refractivity contribution in [1.29, 1.82) is 0 Å². The van der Waals surface area contributed by atoms with Crippen molar-refractivity contribution in [2.75, 3.05) is 13.6 Å². The largest absolute Gasteiger partial charge is 0.319 e. The van der Waals surface area contributed by atoms with Crippen molar-refractivity contribution in [2.24, 2.45) is 5.92 Å². The molecular formula is C15H25N. The quantitative estimate of drug-likeness (QED) is 0.797. The monoisotopic (exact) mass is 219 g/mol. The highest BCUT2D eigenvalue weighted by atomic mass is 14.8. The van der Waals surface area contributed by atoms with Gasteiger partial charge in [0.2, 0.25) is 0 Å². The molecule has 0 saturated carbocycles. The molecule has 0 spiro atoms. The van der Waals surface area contributed by atoms with Crippen molar-refractivity contribution < 1.29 is 0 Å². The predicted octanol–water partition coefficient (Wildman–Crippen LogP) is 3.65. The van der Waals surface area contributed by atoms with Crippen molar-refractivity contribution in [2.45, 2.75) is 40.0 Å². The van der Waals surface area contributed by atoms with Crippen molar-refractivity contribution >= 4 is 0 Å². The lowest BCUT2D eigenvalue weighted by Crippen LogP contribution is -2.22. The van der Waals surface area contributed by atoms with E-state index in [2.05, 4.69) is 51.2 Å². The van der Waals surface area contributed by atoms with E-state index in [1.165, 1.54) is 23.1 Å². The lowest BCUT2D eigenvalue weighted by Gasteiger charge is -2.24. The minimum atomic E-state index is 0.633. The van der Waals surface area contributed by atoms with Crippen LogP contribution in [0.3, 0.4) is 0 Å². The van der Waals surface area contributed by atoms with Crippen LogP contribution in [0.15, 0.2) is 18.2 Å². The van der Waals surface area contributed by atoms with Crippen LogP contribution in [-0.2, 0) is 0 Å². The molecule has 0 aliphatic heterocycles. The molecule has 0 aliphatic rings. The predicted molar refractivity (Wildman–Crippen MR) is 72.0 cm³/mol. The Hall–Kier alpha value is -0.820. The van der Waals surface area contributed by atoms with E-state index in [4.69, 9.17) is 0 Å². The third-order valence-corrected chi connectivity index (χ3v) is 3.43. The first-order valence-corrected chi connectivity index (χ1v) is 6.31. The van der Waals surface area contributed by atoms with E-state index in [-0.39, 0.29) is 0 Å². The average Bonchev–Trinajstić information content (AvgIpc) is 2.23. The van der Waals surface area contributed by atoms with Crippen LogP contribution >= 0.6 is 0 Å². The first kappa shape index (κ1) is 13.2. The molecule has 90 valence electrons. The first-order chi connectivity index (χ1) is 7.58. The fourth-order valence-corrected chi connectivity index (χ4v) is 2.38. The minimum Gasteiger partial charge on any atom is -0.319 e. The second-order valence-corrected chi connectivity index (χ2v) is 4.97. The molecule has 0 radical (unpaired) electrons. The molecule has 1 nitrogen and oxygen atoms in total. The first-order valence-electron chi connectivity index (χ1n) is 6.31. The second kappa shape index (κ2) is 6.05. The van der Waals surface area contributed by atoms with Crippen molar-refractivity contribution in [3.63, 3.8) is 0 Å². The van der Waals surface area contributed by atoms with Crippen LogP contribution in [0.2, 0.25) is 0 Å². The van der Waals surface area contributed by atoms with Crippen LogP contribution in [0.5, 0.6) is 0 Å². The molecule has 0 heterocycles. The maximum absolute atomic E-state index is 3.32. The zero-order valence-electron chi connectivity index (χ0n) is 11.3. The number of hydrogen-bond donors (Lipinski definition) is 1. The molecule has 0 bridgehead atoms. The average molecular weight is 219 g/mol. The molecule has 0 aromatic heterocycles. The summed E-state index contributed by atoms with van der Waals surface area (Å²) in [6, 6.07) is 6.92. The summed E-state index contributed by atoms with van der Waals surface area (Å²) in [6.45, 7) is 10.1. The van der Waals surface area contributed by atoms with Gasteiger partial charge in [0.05, 0.1) is 0 Å². The van der Waals surface area contributed by atoms with Crippen LogP contribution < -0.4 is 5.32 Å².